The first-order valence-electron chi connectivity index (χ1n) is 14.5. The third kappa shape index (κ3) is 5.44. The molecule has 3 aliphatic rings. The van der Waals surface area contributed by atoms with Gasteiger partial charge in [-0.1, -0.05) is 26.1 Å². The summed E-state index contributed by atoms with van der Waals surface area (Å²) in [7, 11) is -3.20. The molecule has 5 N–H and O–H groups in total. The summed E-state index contributed by atoms with van der Waals surface area (Å²) < 4.78 is 67.0. The number of nitrogen functional groups attached to an aromatic ring is 2. The van der Waals surface area contributed by atoms with Crippen molar-refractivity contribution in [3.05, 3.63) is 29.3 Å². The van der Waals surface area contributed by atoms with E-state index in [0.29, 0.717) is 24.0 Å². The van der Waals surface area contributed by atoms with Crippen molar-refractivity contribution >= 4 is 61.4 Å². The van der Waals surface area contributed by atoms with Gasteiger partial charge in [0.15, 0.2) is 28.9 Å². The van der Waals surface area contributed by atoms with E-state index in [9.17, 15) is 13.9 Å². The number of nitrogens with two attached hydrogens (primary N) is 2. The molecule has 7 rings (SSSR count). The second kappa shape index (κ2) is 11.9. The molecular weight excluding hydrogens is 666 g/mol. The lowest BCUT2D eigenvalue weighted by Crippen LogP contribution is -2.45. The number of rotatable bonds is 4. The van der Waals surface area contributed by atoms with Gasteiger partial charge in [-0.25, -0.2) is 24.5 Å². The smallest absolute Gasteiger partial charge is 0.382 e. The first-order valence-corrected chi connectivity index (χ1v) is 18.4. The third-order valence-electron chi connectivity index (χ3n) is 8.58. The molecule has 248 valence electrons. The first kappa shape index (κ1) is 31.7. The molecule has 22 heteroatoms. The van der Waals surface area contributed by atoms with E-state index in [2.05, 4.69) is 42.2 Å². The molecule has 7 heterocycles. The van der Waals surface area contributed by atoms with Crippen molar-refractivity contribution in [2.24, 2.45) is 5.92 Å². The number of anilines is 2. The van der Waals surface area contributed by atoms with E-state index in [4.69, 9.17) is 39.0 Å². The topological polar surface area (TPSA) is 249 Å². The van der Waals surface area contributed by atoms with Gasteiger partial charge < -0.3 is 30.0 Å². The maximum absolute atomic E-state index is 13.8. The summed E-state index contributed by atoms with van der Waals surface area (Å²) in [5.74, 6) is -0.346. The fourth-order valence-corrected chi connectivity index (χ4v) is 8.79. The molecule has 2 bridgehead atoms. The van der Waals surface area contributed by atoms with Crippen LogP contribution in [0.25, 0.3) is 22.3 Å². The molecule has 0 aromatic carbocycles. The Morgan fingerprint density at radius 3 is 2.65 bits per heavy atom. The molecule has 46 heavy (non-hydrogen) atoms. The highest BCUT2D eigenvalue weighted by molar-refractivity contribution is 8.44. The molecule has 0 amide bonds. The van der Waals surface area contributed by atoms with Crippen molar-refractivity contribution in [3.63, 3.8) is 0 Å². The van der Waals surface area contributed by atoms with Crippen LogP contribution in [0.2, 0.25) is 0 Å². The average molecular weight is 699 g/mol. The van der Waals surface area contributed by atoms with Crippen molar-refractivity contribution in [2.45, 2.75) is 69.5 Å². The maximum atomic E-state index is 13.8. The Balaban J connectivity index is 1.22. The quantitative estimate of drug-likeness (QED) is 0.176. The molecule has 0 spiro atoms. The molecule has 0 radical (unpaired) electrons. The summed E-state index contributed by atoms with van der Waals surface area (Å²) in [5, 5.41) is 0. The SMILES string of the molecule is CC[C@H]1[C@H](n2cnc3c(N)ncnc32)O[C@]2(CC)CO[PH](=O)O[C@@H]3C[C@@H](CO[P@@](=O)(S)O[C@@H]12)O[C@H]3n1cnc2c(=O)[nH]c(N)nc21. The van der Waals surface area contributed by atoms with Crippen molar-refractivity contribution in [3.8, 4) is 0 Å². The molecule has 9 atom stereocenters. The highest BCUT2D eigenvalue weighted by Crippen LogP contribution is 2.60. The van der Waals surface area contributed by atoms with Gasteiger partial charge in [-0.3, -0.25) is 32.5 Å². The molecule has 0 saturated carbocycles. The molecule has 3 saturated heterocycles. The Morgan fingerprint density at radius 2 is 1.89 bits per heavy atom. The van der Waals surface area contributed by atoms with E-state index in [1.165, 1.54) is 17.2 Å². The van der Waals surface area contributed by atoms with Crippen LogP contribution in [0, 0.1) is 5.92 Å². The fourth-order valence-electron chi connectivity index (χ4n) is 6.34. The summed E-state index contributed by atoms with van der Waals surface area (Å²) in [4.78, 5) is 35.8. The summed E-state index contributed by atoms with van der Waals surface area (Å²) in [6, 6.07) is 0. The summed E-state index contributed by atoms with van der Waals surface area (Å²) in [6.07, 6.45) is 1.04. The summed E-state index contributed by atoms with van der Waals surface area (Å²) in [5.41, 5.74) is 11.0. The highest BCUT2D eigenvalue weighted by Gasteiger charge is 2.58. The van der Waals surface area contributed by atoms with Gasteiger partial charge in [0.1, 0.15) is 35.9 Å². The molecule has 4 aromatic rings. The molecule has 4 aromatic heterocycles. The number of H-pyrrole nitrogens is 1. The summed E-state index contributed by atoms with van der Waals surface area (Å²) >= 11 is 4.32. The van der Waals surface area contributed by atoms with Gasteiger partial charge in [0.05, 0.1) is 32.0 Å². The summed E-state index contributed by atoms with van der Waals surface area (Å²) in [6.45, 7) is -0.749. The Bertz CT molecular complexity index is 1920. The number of thiol groups is 1. The lowest BCUT2D eigenvalue weighted by molar-refractivity contribution is -0.122. The van der Waals surface area contributed by atoms with Gasteiger partial charge in [0, 0.05) is 12.3 Å². The number of imidazole rings is 2. The zero-order valence-electron chi connectivity index (χ0n) is 24.6. The van der Waals surface area contributed by atoms with Crippen molar-refractivity contribution in [1.82, 2.24) is 39.0 Å². The average Bonchev–Trinajstić information content (AvgIpc) is 3.78. The minimum absolute atomic E-state index is 0.0250. The minimum atomic E-state index is -4.06. The van der Waals surface area contributed by atoms with Crippen LogP contribution in [0.3, 0.4) is 0 Å². The largest absolute Gasteiger partial charge is 0.386 e. The van der Waals surface area contributed by atoms with E-state index in [1.807, 2.05) is 13.8 Å². The number of ether oxygens (including phenoxy) is 2. The van der Waals surface area contributed by atoms with E-state index < -0.39 is 62.9 Å². The second-order valence-corrected chi connectivity index (χ2v) is 15.1. The lowest BCUT2D eigenvalue weighted by atomic mass is 9.87. The van der Waals surface area contributed by atoms with Crippen LogP contribution in [-0.2, 0) is 36.7 Å². The van der Waals surface area contributed by atoms with Gasteiger partial charge in [-0.15, -0.1) is 0 Å². The fraction of sp³-hybridized carbons (Fsp3) is 0.583. The monoisotopic (exact) mass is 698 g/mol. The van der Waals surface area contributed by atoms with Crippen LogP contribution in [-0.4, -0.2) is 76.2 Å². The third-order valence-corrected chi connectivity index (χ3v) is 11.1. The zero-order valence-corrected chi connectivity index (χ0v) is 27.4. The molecule has 1 unspecified atom stereocenters. The Kier molecular flexibility index (Phi) is 8.22. The number of nitrogens with zero attached hydrogens (tertiary/aromatic N) is 7. The van der Waals surface area contributed by atoms with Crippen molar-refractivity contribution in [1.29, 1.82) is 0 Å². The van der Waals surface area contributed by atoms with Crippen molar-refractivity contribution < 1.29 is 36.7 Å². The van der Waals surface area contributed by atoms with E-state index in [1.54, 1.807) is 10.9 Å². The Morgan fingerprint density at radius 1 is 1.13 bits per heavy atom. The van der Waals surface area contributed by atoms with Crippen LogP contribution in [0.1, 0.15) is 45.6 Å². The van der Waals surface area contributed by atoms with Crippen LogP contribution in [0.5, 0.6) is 0 Å². The minimum Gasteiger partial charge on any atom is -0.382 e. The van der Waals surface area contributed by atoms with Crippen LogP contribution in [0.4, 0.5) is 11.8 Å². The molecule has 0 aliphatic carbocycles. The number of hydrogen-bond donors (Lipinski definition) is 4. The van der Waals surface area contributed by atoms with Gasteiger partial charge in [-0.2, -0.15) is 4.98 Å². The van der Waals surface area contributed by atoms with Crippen LogP contribution >= 0.6 is 27.3 Å². The Labute approximate surface area is 266 Å². The predicted molar refractivity (Wildman–Crippen MR) is 165 cm³/mol. The number of nitrogens with one attached hydrogen (secondary N) is 1. The standard InChI is InChI=1S/C24H32N10O9P2S/c1-3-12-16-24(4-2,41-21(12)33-9-29-14-17(25)27-8-28-18(14)33)7-38-44(36)42-13-5-11(6-39-45(37,46)43-16)40-22(13)34-10-30-15-19(34)31-23(26)32-20(15)35/h8-13,16,21-22,44H,3-7H2,1-2H3,(H,37,46)(H2,25,27,28)(H3,26,31,32,35)/t11-,12+,13+,16-,21+,22+,24+,45+/m0/s1. The molecular formula is C24H32N10O9P2S. The normalized spacial score (nSPS) is 35.5. The highest BCUT2D eigenvalue weighted by atomic mass is 32.7. The lowest BCUT2D eigenvalue weighted by Gasteiger charge is -2.35. The molecule has 3 aliphatic heterocycles. The van der Waals surface area contributed by atoms with Crippen LogP contribution in [0.15, 0.2) is 23.8 Å². The predicted octanol–water partition coefficient (Wildman–Crippen LogP) is 2.36. The van der Waals surface area contributed by atoms with E-state index in [-0.39, 0.29) is 42.6 Å². The number of hydrogen-bond acceptors (Lipinski definition) is 16. The molecule has 19 nitrogen and oxygen atoms in total. The van der Waals surface area contributed by atoms with Gasteiger partial charge in [-0.05, 0) is 12.8 Å². The van der Waals surface area contributed by atoms with Crippen molar-refractivity contribution in [2.75, 3.05) is 24.7 Å². The van der Waals surface area contributed by atoms with Gasteiger partial charge >= 0.3 is 15.1 Å². The maximum Gasteiger partial charge on any atom is 0.386 e. The zero-order chi connectivity index (χ0) is 32.4. The number of aromatic amines is 1. The Hall–Kier alpha value is -2.93. The van der Waals surface area contributed by atoms with Crippen LogP contribution < -0.4 is 17.0 Å². The molecule has 3 fully saturated rings. The second-order valence-electron chi connectivity index (χ2n) is 11.2. The van der Waals surface area contributed by atoms with Gasteiger partial charge in [0.2, 0.25) is 5.95 Å². The van der Waals surface area contributed by atoms with Gasteiger partial charge in [0.25, 0.3) is 5.56 Å². The number of aromatic nitrogens is 8. The number of fused-ring (bicyclic) bond motifs is 5. The van der Waals surface area contributed by atoms with E-state index in [0.717, 1.165) is 0 Å². The van der Waals surface area contributed by atoms with E-state index >= 15 is 0 Å². The first-order chi connectivity index (χ1) is 22.0.